The minimum atomic E-state index is -0.268. The largest absolute Gasteiger partial charge is 0.462 e. The molecule has 0 saturated heterocycles. The topological polar surface area (TPSA) is 51.2 Å². The predicted molar refractivity (Wildman–Crippen MR) is 81.4 cm³/mol. The first-order chi connectivity index (χ1) is 9.15. The Morgan fingerprint density at radius 2 is 2.37 bits per heavy atom. The first-order valence-corrected chi connectivity index (χ1v) is 8.64. The molecule has 6 heteroatoms. The highest BCUT2D eigenvalue weighted by Gasteiger charge is 2.27. The zero-order valence-electron chi connectivity index (χ0n) is 11.6. The smallest absolute Gasteiger partial charge is 0.343 e. The van der Waals surface area contributed by atoms with Gasteiger partial charge in [0.05, 0.1) is 12.3 Å². The van der Waals surface area contributed by atoms with Crippen molar-refractivity contribution in [1.29, 1.82) is 0 Å². The number of aryl methyl sites for hydroxylation is 1. The van der Waals surface area contributed by atoms with Crippen LogP contribution >= 0.6 is 23.3 Å². The molecule has 1 heterocycles. The Morgan fingerprint density at radius 3 is 3.00 bits per heavy atom. The van der Waals surface area contributed by atoms with Crippen LogP contribution in [0.4, 0.5) is 5.00 Å². The summed E-state index contributed by atoms with van der Waals surface area (Å²) in [6.45, 7) is 4.07. The number of thioether (sulfide) groups is 1. The number of rotatable bonds is 5. The van der Waals surface area contributed by atoms with Crippen molar-refractivity contribution in [3.63, 3.8) is 0 Å². The van der Waals surface area contributed by atoms with Crippen molar-refractivity contribution >= 4 is 34.3 Å². The number of aromatic nitrogens is 1. The van der Waals surface area contributed by atoms with Crippen molar-refractivity contribution in [3.8, 4) is 0 Å². The molecule has 4 nitrogen and oxygen atoms in total. The molecule has 0 bridgehead atoms. The number of carbonyl (C=O) groups is 1. The van der Waals surface area contributed by atoms with Crippen molar-refractivity contribution in [2.75, 3.05) is 18.2 Å². The molecule has 0 radical (unpaired) electrons. The molecule has 0 amide bonds. The van der Waals surface area contributed by atoms with E-state index in [1.54, 1.807) is 0 Å². The number of esters is 1. The maximum Gasteiger partial charge on any atom is 0.343 e. The summed E-state index contributed by atoms with van der Waals surface area (Å²) in [6.07, 6.45) is 5.71. The van der Waals surface area contributed by atoms with Gasteiger partial charge in [-0.2, -0.15) is 16.1 Å². The lowest BCUT2D eigenvalue weighted by Gasteiger charge is -2.13. The van der Waals surface area contributed by atoms with Crippen LogP contribution in [0.15, 0.2) is 0 Å². The van der Waals surface area contributed by atoms with Gasteiger partial charge in [-0.3, -0.25) is 0 Å². The Morgan fingerprint density at radius 1 is 1.58 bits per heavy atom. The van der Waals surface area contributed by atoms with Crippen molar-refractivity contribution in [3.05, 3.63) is 11.3 Å². The minimum Gasteiger partial charge on any atom is -0.462 e. The Kier molecular flexibility index (Phi) is 5.10. The van der Waals surface area contributed by atoms with Gasteiger partial charge in [-0.1, -0.05) is 0 Å². The number of hydrogen-bond acceptors (Lipinski definition) is 6. The van der Waals surface area contributed by atoms with E-state index in [1.807, 2.05) is 25.6 Å². The highest BCUT2D eigenvalue weighted by molar-refractivity contribution is 7.99. The quantitative estimate of drug-likeness (QED) is 0.845. The molecule has 1 aliphatic carbocycles. The molecular weight excluding hydrogens is 280 g/mol. The van der Waals surface area contributed by atoms with Crippen molar-refractivity contribution < 1.29 is 9.53 Å². The fourth-order valence-corrected chi connectivity index (χ4v) is 4.04. The van der Waals surface area contributed by atoms with Crippen LogP contribution in [0.1, 0.15) is 42.2 Å². The van der Waals surface area contributed by atoms with E-state index in [4.69, 9.17) is 4.74 Å². The molecule has 0 aliphatic heterocycles. The maximum atomic E-state index is 11.9. The van der Waals surface area contributed by atoms with E-state index in [1.165, 1.54) is 18.0 Å². The fraction of sp³-hybridized carbons (Fsp3) is 0.692. The molecule has 1 fully saturated rings. The number of nitrogens with one attached hydrogen (secondary N) is 1. The Balaban J connectivity index is 2.07. The van der Waals surface area contributed by atoms with E-state index in [0.29, 0.717) is 18.2 Å². The summed E-state index contributed by atoms with van der Waals surface area (Å²) in [7, 11) is 0. The minimum absolute atomic E-state index is 0.268. The molecule has 1 N–H and O–H groups in total. The third-order valence-electron chi connectivity index (χ3n) is 3.40. The molecule has 2 unspecified atom stereocenters. The number of carbonyl (C=O) groups excluding carboxylic acids is 1. The van der Waals surface area contributed by atoms with Gasteiger partial charge in [0.2, 0.25) is 0 Å². The summed E-state index contributed by atoms with van der Waals surface area (Å²) in [6, 6.07) is 0.450. The molecule has 0 aromatic carbocycles. The van der Waals surface area contributed by atoms with E-state index < -0.39 is 0 Å². The summed E-state index contributed by atoms with van der Waals surface area (Å²) >= 11 is 3.28. The Labute approximate surface area is 122 Å². The second-order valence-corrected chi connectivity index (χ2v) is 6.62. The third kappa shape index (κ3) is 3.42. The van der Waals surface area contributed by atoms with Gasteiger partial charge in [0.25, 0.3) is 0 Å². The van der Waals surface area contributed by atoms with Crippen molar-refractivity contribution in [2.45, 2.75) is 44.4 Å². The predicted octanol–water partition coefficient (Wildman–Crippen LogP) is 3.32. The van der Waals surface area contributed by atoms with E-state index in [-0.39, 0.29) is 5.97 Å². The van der Waals surface area contributed by atoms with Gasteiger partial charge in [0, 0.05) is 11.3 Å². The second kappa shape index (κ2) is 6.61. The summed E-state index contributed by atoms with van der Waals surface area (Å²) in [5.41, 5.74) is 1.37. The van der Waals surface area contributed by atoms with E-state index in [9.17, 15) is 4.79 Å². The van der Waals surface area contributed by atoms with Gasteiger partial charge in [0.15, 0.2) is 0 Å². The first-order valence-electron chi connectivity index (χ1n) is 6.58. The van der Waals surface area contributed by atoms with E-state index in [0.717, 1.165) is 28.8 Å². The van der Waals surface area contributed by atoms with Crippen molar-refractivity contribution in [2.24, 2.45) is 0 Å². The number of nitrogens with zero attached hydrogens (tertiary/aromatic N) is 1. The average Bonchev–Trinajstić information content (AvgIpc) is 2.97. The molecular formula is C13H20N2O2S2. The van der Waals surface area contributed by atoms with Crippen LogP contribution < -0.4 is 5.32 Å². The normalized spacial score (nSPS) is 22.5. The first kappa shape index (κ1) is 14.7. The monoisotopic (exact) mass is 300 g/mol. The van der Waals surface area contributed by atoms with Gasteiger partial charge in [-0.15, -0.1) is 0 Å². The lowest BCUT2D eigenvalue weighted by atomic mass is 10.2. The van der Waals surface area contributed by atoms with Crippen LogP contribution in [0.25, 0.3) is 0 Å². The lowest BCUT2D eigenvalue weighted by Crippen LogP contribution is -2.17. The van der Waals surface area contributed by atoms with Gasteiger partial charge in [-0.25, -0.2) is 4.79 Å². The van der Waals surface area contributed by atoms with Crippen LogP contribution in [0.2, 0.25) is 0 Å². The molecule has 2 rings (SSSR count). The highest BCUT2D eigenvalue weighted by atomic mass is 32.2. The van der Waals surface area contributed by atoms with Crippen LogP contribution in [-0.2, 0) is 4.74 Å². The standard InChI is InChI=1S/C13H20N2O2S2/c1-4-17-13(16)11-8(2)15-19-12(11)14-9-5-6-10(7-9)18-3/h9-10,14H,4-7H2,1-3H3. The third-order valence-corrected chi connectivity index (χ3v) is 5.36. The van der Waals surface area contributed by atoms with Gasteiger partial charge in [-0.05, 0) is 50.9 Å². The zero-order chi connectivity index (χ0) is 13.8. The molecule has 0 spiro atoms. The Hall–Kier alpha value is -0.750. The Bertz CT molecular complexity index is 448. The molecule has 2 atom stereocenters. The number of anilines is 1. The van der Waals surface area contributed by atoms with E-state index in [2.05, 4.69) is 15.9 Å². The maximum absolute atomic E-state index is 11.9. The molecule has 1 aromatic heterocycles. The van der Waals surface area contributed by atoms with Crippen LogP contribution in [-0.4, -0.2) is 34.5 Å². The van der Waals surface area contributed by atoms with E-state index >= 15 is 0 Å². The molecule has 1 aliphatic rings. The summed E-state index contributed by atoms with van der Waals surface area (Å²) in [5.74, 6) is -0.268. The molecule has 19 heavy (non-hydrogen) atoms. The summed E-state index contributed by atoms with van der Waals surface area (Å²) in [5, 5.41) is 5.07. The van der Waals surface area contributed by atoms with Gasteiger partial charge < -0.3 is 10.1 Å². The second-order valence-electron chi connectivity index (χ2n) is 4.70. The molecule has 106 valence electrons. The number of ether oxygens (including phenoxy) is 1. The molecule has 1 saturated carbocycles. The van der Waals surface area contributed by atoms with Crippen molar-refractivity contribution in [1.82, 2.24) is 4.37 Å². The lowest BCUT2D eigenvalue weighted by molar-refractivity contribution is 0.0527. The van der Waals surface area contributed by atoms with Gasteiger partial charge >= 0.3 is 5.97 Å². The van der Waals surface area contributed by atoms with Gasteiger partial charge in [0.1, 0.15) is 10.6 Å². The average molecular weight is 300 g/mol. The summed E-state index contributed by atoms with van der Waals surface area (Å²) < 4.78 is 9.37. The number of hydrogen-bond donors (Lipinski definition) is 1. The van der Waals surface area contributed by atoms with Crippen LogP contribution in [0.5, 0.6) is 0 Å². The highest BCUT2D eigenvalue weighted by Crippen LogP contribution is 2.33. The zero-order valence-corrected chi connectivity index (χ0v) is 13.2. The van der Waals surface area contributed by atoms with Crippen LogP contribution in [0, 0.1) is 6.92 Å². The molecule has 1 aromatic rings. The summed E-state index contributed by atoms with van der Waals surface area (Å²) in [4.78, 5) is 11.9. The SMILES string of the molecule is CCOC(=O)c1c(C)nsc1NC1CCC(SC)C1. The fourth-order valence-electron chi connectivity index (χ4n) is 2.38. The van der Waals surface area contributed by atoms with Crippen LogP contribution in [0.3, 0.4) is 0 Å².